The largest absolute Gasteiger partial charge is 0.489 e. The lowest BCUT2D eigenvalue weighted by atomic mass is 10.0. The zero-order valence-electron chi connectivity index (χ0n) is 21.2. The van der Waals surface area contributed by atoms with Crippen LogP contribution in [0.4, 0.5) is 0 Å². The molecule has 4 aromatic rings. The van der Waals surface area contributed by atoms with Crippen LogP contribution in [-0.4, -0.2) is 83.4 Å². The molecule has 0 spiro atoms. The minimum absolute atomic E-state index is 0.0450. The number of ether oxygens (including phenoxy) is 2. The summed E-state index contributed by atoms with van der Waals surface area (Å²) in [5.41, 5.74) is 6.35. The lowest BCUT2D eigenvalue weighted by Crippen LogP contribution is -2.40. The number of hydrogen-bond donors (Lipinski definition) is 1. The summed E-state index contributed by atoms with van der Waals surface area (Å²) in [7, 11) is 2.12. The molecule has 0 radical (unpaired) electrons. The maximum absolute atomic E-state index is 12.8. The van der Waals surface area contributed by atoms with Crippen LogP contribution in [-0.2, 0) is 4.74 Å². The number of likely N-dealkylation sites (N-methyl/N-ethyl adjacent to an activating group) is 1. The van der Waals surface area contributed by atoms with Gasteiger partial charge in [0.15, 0.2) is 5.65 Å². The van der Waals surface area contributed by atoms with Crippen LogP contribution in [0.5, 0.6) is 5.75 Å². The highest BCUT2D eigenvalue weighted by Crippen LogP contribution is 2.32. The summed E-state index contributed by atoms with van der Waals surface area (Å²) in [5.74, 6) is 0.913. The molecule has 1 N–H and O–H groups in total. The maximum Gasteiger partial charge on any atom is 0.254 e. The Labute approximate surface area is 216 Å². The molecular formula is C29H31N5O3. The number of carbonyl (C=O) groups excluding carboxylic acids is 1. The van der Waals surface area contributed by atoms with Crippen molar-refractivity contribution in [2.45, 2.75) is 19.4 Å². The smallest absolute Gasteiger partial charge is 0.254 e. The minimum atomic E-state index is 0.0450. The lowest BCUT2D eigenvalue weighted by Gasteiger charge is -2.26. The van der Waals surface area contributed by atoms with E-state index in [1.54, 1.807) is 0 Å². The molecule has 8 heteroatoms. The standard InChI is InChI=1S/C29H31N5O3/c1-19-13-22(15-24(14-19)37-23-7-8-33(2)18-23)27-16-25-26(17-30-28(25)32-31-27)20-3-5-21(6-4-20)29(35)34-9-11-36-12-10-34/h3-6,13-17,23H,7-12,18H2,1-2H3,(H,30,32). The van der Waals surface area contributed by atoms with Crippen molar-refractivity contribution in [1.29, 1.82) is 0 Å². The van der Waals surface area contributed by atoms with E-state index in [1.165, 1.54) is 0 Å². The number of aromatic nitrogens is 3. The number of aryl methyl sites for hydroxylation is 1. The molecule has 2 saturated heterocycles. The first-order valence-corrected chi connectivity index (χ1v) is 12.8. The summed E-state index contributed by atoms with van der Waals surface area (Å²) in [6.45, 7) is 6.53. The van der Waals surface area contributed by atoms with Crippen LogP contribution in [0.1, 0.15) is 22.3 Å². The molecule has 2 aromatic heterocycles. The Kier molecular flexibility index (Phi) is 6.36. The van der Waals surface area contributed by atoms with Gasteiger partial charge in [-0.2, -0.15) is 0 Å². The van der Waals surface area contributed by atoms with Gasteiger partial charge in [-0.3, -0.25) is 4.79 Å². The van der Waals surface area contributed by atoms with E-state index in [2.05, 4.69) is 58.3 Å². The molecule has 2 aromatic carbocycles. The molecule has 8 nitrogen and oxygen atoms in total. The van der Waals surface area contributed by atoms with Gasteiger partial charge in [-0.05, 0) is 67.9 Å². The third-order valence-electron chi connectivity index (χ3n) is 7.18. The van der Waals surface area contributed by atoms with Crippen molar-refractivity contribution in [2.24, 2.45) is 0 Å². The first-order valence-electron chi connectivity index (χ1n) is 12.8. The second-order valence-electron chi connectivity index (χ2n) is 10.0. The van der Waals surface area contributed by atoms with Crippen LogP contribution in [0.3, 0.4) is 0 Å². The molecule has 1 amide bonds. The number of hydrogen-bond acceptors (Lipinski definition) is 6. The average molecular weight is 498 g/mol. The van der Waals surface area contributed by atoms with E-state index in [9.17, 15) is 4.79 Å². The number of carbonyl (C=O) groups is 1. The Hall–Kier alpha value is -3.75. The molecule has 2 aliphatic rings. The van der Waals surface area contributed by atoms with Crippen LogP contribution in [0.15, 0.2) is 54.7 Å². The van der Waals surface area contributed by atoms with Crippen LogP contribution >= 0.6 is 0 Å². The number of nitrogens with one attached hydrogen (secondary N) is 1. The number of morpholine rings is 1. The Bertz CT molecular complexity index is 1430. The van der Waals surface area contributed by atoms with Crippen LogP contribution < -0.4 is 4.74 Å². The Balaban J connectivity index is 1.27. The van der Waals surface area contributed by atoms with Crippen molar-refractivity contribution < 1.29 is 14.3 Å². The fourth-order valence-corrected chi connectivity index (χ4v) is 5.19. The van der Waals surface area contributed by atoms with Gasteiger partial charge in [0.2, 0.25) is 0 Å². The summed E-state index contributed by atoms with van der Waals surface area (Å²) in [5, 5.41) is 9.94. The maximum atomic E-state index is 12.8. The second kappa shape index (κ2) is 9.95. The first kappa shape index (κ1) is 23.6. The molecule has 6 rings (SSSR count). The summed E-state index contributed by atoms with van der Waals surface area (Å²) in [6.07, 6.45) is 3.20. The van der Waals surface area contributed by atoms with Crippen molar-refractivity contribution in [3.63, 3.8) is 0 Å². The molecule has 2 aliphatic heterocycles. The molecule has 190 valence electrons. The average Bonchev–Trinajstić information content (AvgIpc) is 3.53. The molecular weight excluding hydrogens is 466 g/mol. The van der Waals surface area contributed by atoms with E-state index in [-0.39, 0.29) is 12.0 Å². The number of nitrogens with zero attached hydrogens (tertiary/aromatic N) is 4. The van der Waals surface area contributed by atoms with Gasteiger partial charge in [0.1, 0.15) is 11.9 Å². The Morgan fingerprint density at radius 2 is 1.84 bits per heavy atom. The van der Waals surface area contributed by atoms with Gasteiger partial charge in [-0.25, -0.2) is 0 Å². The molecule has 0 bridgehead atoms. The van der Waals surface area contributed by atoms with E-state index in [1.807, 2.05) is 35.4 Å². The van der Waals surface area contributed by atoms with Gasteiger partial charge < -0.3 is 24.3 Å². The van der Waals surface area contributed by atoms with Gasteiger partial charge in [-0.1, -0.05) is 12.1 Å². The van der Waals surface area contributed by atoms with Gasteiger partial charge in [-0.15, -0.1) is 10.2 Å². The van der Waals surface area contributed by atoms with Gasteiger partial charge in [0.05, 0.1) is 18.9 Å². The highest BCUT2D eigenvalue weighted by molar-refractivity contribution is 5.97. The SMILES string of the molecule is Cc1cc(OC2CCN(C)C2)cc(-c2cc3c(-c4ccc(C(=O)N5CCOCC5)cc4)c[nH]c3nn2)c1. The van der Waals surface area contributed by atoms with Crippen molar-refractivity contribution >= 4 is 16.9 Å². The second-order valence-corrected chi connectivity index (χ2v) is 10.0. The van der Waals surface area contributed by atoms with Gasteiger partial charge >= 0.3 is 0 Å². The number of likely N-dealkylation sites (tertiary alicyclic amines) is 1. The van der Waals surface area contributed by atoms with E-state index < -0.39 is 0 Å². The summed E-state index contributed by atoms with van der Waals surface area (Å²) >= 11 is 0. The zero-order chi connectivity index (χ0) is 25.4. The molecule has 37 heavy (non-hydrogen) atoms. The Morgan fingerprint density at radius 1 is 1.03 bits per heavy atom. The number of fused-ring (bicyclic) bond motifs is 1. The molecule has 0 saturated carbocycles. The van der Waals surface area contributed by atoms with Crippen molar-refractivity contribution in [2.75, 3.05) is 46.4 Å². The summed E-state index contributed by atoms with van der Waals surface area (Å²) in [6, 6.07) is 16.1. The number of H-pyrrole nitrogens is 1. The highest BCUT2D eigenvalue weighted by atomic mass is 16.5. The third kappa shape index (κ3) is 4.95. The van der Waals surface area contributed by atoms with Crippen molar-refractivity contribution in [3.8, 4) is 28.1 Å². The number of rotatable bonds is 5. The zero-order valence-corrected chi connectivity index (χ0v) is 21.2. The van der Waals surface area contributed by atoms with Crippen LogP contribution in [0.25, 0.3) is 33.4 Å². The predicted molar refractivity (Wildman–Crippen MR) is 143 cm³/mol. The molecule has 1 unspecified atom stereocenters. The Morgan fingerprint density at radius 3 is 2.59 bits per heavy atom. The van der Waals surface area contributed by atoms with E-state index in [0.29, 0.717) is 31.9 Å². The van der Waals surface area contributed by atoms with Crippen molar-refractivity contribution in [3.05, 3.63) is 65.9 Å². The molecule has 4 heterocycles. The monoisotopic (exact) mass is 497 g/mol. The van der Waals surface area contributed by atoms with E-state index in [4.69, 9.17) is 9.47 Å². The predicted octanol–water partition coefficient (Wildman–Crippen LogP) is 4.16. The van der Waals surface area contributed by atoms with Crippen LogP contribution in [0, 0.1) is 6.92 Å². The number of aromatic amines is 1. The number of benzene rings is 2. The fourth-order valence-electron chi connectivity index (χ4n) is 5.19. The molecule has 1 atom stereocenters. The van der Waals surface area contributed by atoms with E-state index >= 15 is 0 Å². The highest BCUT2D eigenvalue weighted by Gasteiger charge is 2.22. The van der Waals surface area contributed by atoms with Gasteiger partial charge in [0, 0.05) is 54.5 Å². The minimum Gasteiger partial charge on any atom is -0.489 e. The lowest BCUT2D eigenvalue weighted by molar-refractivity contribution is 0.0303. The van der Waals surface area contributed by atoms with Crippen LogP contribution in [0.2, 0.25) is 0 Å². The normalized spacial score (nSPS) is 18.4. The first-order chi connectivity index (χ1) is 18.0. The van der Waals surface area contributed by atoms with E-state index in [0.717, 1.165) is 64.2 Å². The van der Waals surface area contributed by atoms with Crippen molar-refractivity contribution in [1.82, 2.24) is 25.0 Å². The molecule has 0 aliphatic carbocycles. The van der Waals surface area contributed by atoms with Gasteiger partial charge in [0.25, 0.3) is 5.91 Å². The quantitative estimate of drug-likeness (QED) is 0.446. The fraction of sp³-hybridized carbons (Fsp3) is 0.345. The topological polar surface area (TPSA) is 83.6 Å². The molecule has 2 fully saturated rings. The number of amides is 1. The third-order valence-corrected chi connectivity index (χ3v) is 7.18. The summed E-state index contributed by atoms with van der Waals surface area (Å²) < 4.78 is 11.7. The summed E-state index contributed by atoms with van der Waals surface area (Å²) in [4.78, 5) is 20.2.